The minimum atomic E-state index is -0.148. The van der Waals surface area contributed by atoms with Gasteiger partial charge in [-0.25, -0.2) is 0 Å². The standard InChI is InChI=1S/C32H24NO.C11H8N.Ir/c1-32(2,24-12-7-4-8-13-24)25-18-19-33-29(21-25)28-15-9-14-27-26-17-16-23(20-30(26)34-31(27)28)22-10-5-3-6-11-22;1-2-6-10(7-3-1)11-8-4-5-9-12-11;/h3-14,16-21H,1-2H3;1-6,8-9H;/q2*-1;. The number of nitrogens with zero attached hydrogens (tertiary/aromatic N) is 2. The van der Waals surface area contributed by atoms with Crippen LogP contribution in [0.4, 0.5) is 0 Å². The van der Waals surface area contributed by atoms with Crippen LogP contribution in [-0.2, 0) is 25.5 Å². The topological polar surface area (TPSA) is 38.9 Å². The largest absolute Gasteiger partial charge is 0.501 e. The number of benzene rings is 5. The molecule has 3 nitrogen and oxygen atoms in total. The van der Waals surface area contributed by atoms with Gasteiger partial charge in [-0.3, -0.25) is 0 Å². The normalized spacial score (nSPS) is 11.0. The van der Waals surface area contributed by atoms with E-state index in [4.69, 9.17) is 9.40 Å². The molecule has 0 saturated heterocycles. The maximum absolute atomic E-state index is 6.44. The van der Waals surface area contributed by atoms with Gasteiger partial charge in [-0.15, -0.1) is 54.1 Å². The van der Waals surface area contributed by atoms with E-state index in [0.717, 1.165) is 50.0 Å². The molecule has 8 rings (SSSR count). The van der Waals surface area contributed by atoms with Crippen molar-refractivity contribution in [2.75, 3.05) is 0 Å². The van der Waals surface area contributed by atoms with Gasteiger partial charge in [-0.2, -0.15) is 0 Å². The molecule has 47 heavy (non-hydrogen) atoms. The fourth-order valence-electron chi connectivity index (χ4n) is 5.79. The third kappa shape index (κ3) is 6.71. The Morgan fingerprint density at radius 2 is 1.30 bits per heavy atom. The van der Waals surface area contributed by atoms with Gasteiger partial charge in [0.1, 0.15) is 5.58 Å². The Morgan fingerprint density at radius 1 is 0.553 bits per heavy atom. The first-order valence-corrected chi connectivity index (χ1v) is 15.4. The Morgan fingerprint density at radius 3 is 2.04 bits per heavy atom. The van der Waals surface area contributed by atoms with Crippen molar-refractivity contribution in [3.05, 3.63) is 181 Å². The summed E-state index contributed by atoms with van der Waals surface area (Å²) in [4.78, 5) is 8.93. The number of furan rings is 1. The summed E-state index contributed by atoms with van der Waals surface area (Å²) < 4.78 is 6.44. The Kier molecular flexibility index (Phi) is 9.54. The zero-order chi connectivity index (χ0) is 31.3. The summed E-state index contributed by atoms with van der Waals surface area (Å²) in [6.45, 7) is 4.50. The van der Waals surface area contributed by atoms with E-state index in [2.05, 4.69) is 122 Å². The summed E-state index contributed by atoms with van der Waals surface area (Å²) in [5.41, 5.74) is 10.1. The Balaban J connectivity index is 0.000000250. The number of hydrogen-bond acceptors (Lipinski definition) is 3. The second kappa shape index (κ2) is 14.1. The summed E-state index contributed by atoms with van der Waals surface area (Å²) in [6, 6.07) is 55.9. The van der Waals surface area contributed by atoms with Gasteiger partial charge in [0.15, 0.2) is 0 Å². The molecular formula is C43H32IrN2O-2. The summed E-state index contributed by atoms with van der Waals surface area (Å²) in [7, 11) is 0. The van der Waals surface area contributed by atoms with Gasteiger partial charge in [0.25, 0.3) is 0 Å². The van der Waals surface area contributed by atoms with Crippen molar-refractivity contribution in [1.82, 2.24) is 9.97 Å². The van der Waals surface area contributed by atoms with Crippen LogP contribution in [0.15, 0.2) is 162 Å². The smallest absolute Gasteiger partial charge is 0.121 e. The molecule has 0 saturated carbocycles. The summed E-state index contributed by atoms with van der Waals surface area (Å²) in [5.74, 6) is 0. The molecule has 8 aromatic rings. The average molecular weight is 785 g/mol. The molecule has 3 aromatic heterocycles. The van der Waals surface area contributed by atoms with Gasteiger partial charge in [0, 0.05) is 43.3 Å². The molecule has 0 bridgehead atoms. The molecule has 0 aliphatic carbocycles. The van der Waals surface area contributed by atoms with E-state index < -0.39 is 0 Å². The molecule has 3 heterocycles. The van der Waals surface area contributed by atoms with Crippen LogP contribution in [0.25, 0.3) is 55.6 Å². The Bertz CT molecular complexity index is 2170. The number of fused-ring (bicyclic) bond motifs is 3. The van der Waals surface area contributed by atoms with Crippen LogP contribution in [0.1, 0.15) is 25.0 Å². The summed E-state index contributed by atoms with van der Waals surface area (Å²) >= 11 is 0. The molecule has 0 fully saturated rings. The van der Waals surface area contributed by atoms with E-state index in [9.17, 15) is 0 Å². The third-order valence-electron chi connectivity index (χ3n) is 8.42. The van der Waals surface area contributed by atoms with E-state index in [1.54, 1.807) is 6.20 Å². The first kappa shape index (κ1) is 31.8. The molecule has 0 spiro atoms. The van der Waals surface area contributed by atoms with Gasteiger partial charge in [-0.1, -0.05) is 116 Å². The second-order valence-electron chi connectivity index (χ2n) is 11.7. The van der Waals surface area contributed by atoms with E-state index in [0.29, 0.717) is 0 Å². The van der Waals surface area contributed by atoms with Crippen molar-refractivity contribution >= 4 is 21.9 Å². The van der Waals surface area contributed by atoms with Gasteiger partial charge in [0.05, 0.1) is 5.58 Å². The molecule has 0 amide bonds. The van der Waals surface area contributed by atoms with Crippen LogP contribution in [0.2, 0.25) is 0 Å². The van der Waals surface area contributed by atoms with Crippen LogP contribution >= 0.6 is 0 Å². The molecule has 0 N–H and O–H groups in total. The third-order valence-corrected chi connectivity index (χ3v) is 8.42. The Labute approximate surface area is 289 Å². The number of rotatable bonds is 5. The minimum absolute atomic E-state index is 0. The van der Waals surface area contributed by atoms with Crippen molar-refractivity contribution in [3.63, 3.8) is 0 Å². The van der Waals surface area contributed by atoms with Crippen LogP contribution in [-0.4, -0.2) is 9.97 Å². The van der Waals surface area contributed by atoms with E-state index in [1.807, 2.05) is 60.8 Å². The minimum Gasteiger partial charge on any atom is -0.501 e. The van der Waals surface area contributed by atoms with E-state index >= 15 is 0 Å². The van der Waals surface area contributed by atoms with Crippen molar-refractivity contribution in [2.24, 2.45) is 0 Å². The molecule has 4 heteroatoms. The van der Waals surface area contributed by atoms with Crippen molar-refractivity contribution in [1.29, 1.82) is 0 Å². The predicted molar refractivity (Wildman–Crippen MR) is 188 cm³/mol. The molecule has 0 aliphatic rings. The summed E-state index contributed by atoms with van der Waals surface area (Å²) in [5, 5.41) is 2.18. The molecule has 1 radical (unpaired) electrons. The average Bonchev–Trinajstić information content (AvgIpc) is 3.52. The summed E-state index contributed by atoms with van der Waals surface area (Å²) in [6.07, 6.45) is 3.67. The zero-order valence-corrected chi connectivity index (χ0v) is 28.5. The molecular weight excluding hydrogens is 753 g/mol. The zero-order valence-electron chi connectivity index (χ0n) is 26.1. The van der Waals surface area contributed by atoms with E-state index in [-0.39, 0.29) is 25.5 Å². The van der Waals surface area contributed by atoms with Crippen LogP contribution in [0, 0.1) is 12.1 Å². The number of pyridine rings is 2. The van der Waals surface area contributed by atoms with Crippen molar-refractivity contribution in [3.8, 4) is 33.6 Å². The number of hydrogen-bond donors (Lipinski definition) is 0. The maximum Gasteiger partial charge on any atom is 0.121 e. The quantitative estimate of drug-likeness (QED) is 0.163. The molecule has 5 aromatic carbocycles. The second-order valence-corrected chi connectivity index (χ2v) is 11.7. The van der Waals surface area contributed by atoms with Crippen LogP contribution in [0.3, 0.4) is 0 Å². The first-order chi connectivity index (χ1) is 22.6. The monoisotopic (exact) mass is 785 g/mol. The number of aromatic nitrogens is 2. The van der Waals surface area contributed by atoms with Gasteiger partial charge < -0.3 is 14.4 Å². The van der Waals surface area contributed by atoms with Crippen molar-refractivity contribution < 1.29 is 24.5 Å². The molecule has 0 aliphatic heterocycles. The van der Waals surface area contributed by atoms with Gasteiger partial charge >= 0.3 is 0 Å². The van der Waals surface area contributed by atoms with Crippen LogP contribution < -0.4 is 0 Å². The Hall–Kier alpha value is -5.15. The predicted octanol–water partition coefficient (Wildman–Crippen LogP) is 11.0. The molecule has 0 atom stereocenters. The first-order valence-electron chi connectivity index (χ1n) is 15.4. The molecule has 0 unspecified atom stereocenters. The van der Waals surface area contributed by atoms with Crippen LogP contribution in [0.5, 0.6) is 0 Å². The van der Waals surface area contributed by atoms with Gasteiger partial charge in [-0.05, 0) is 51.8 Å². The molecule has 231 valence electrons. The van der Waals surface area contributed by atoms with Gasteiger partial charge in [0.2, 0.25) is 0 Å². The SMILES string of the molecule is CC(C)(c1ccccc1)c1ccnc(-c2[c-]ccc3c2oc2cc(-c4ccccc4)ccc23)c1.[Ir].[c-]1ccccc1-c1ccccn1. The maximum atomic E-state index is 6.44. The fourth-order valence-corrected chi connectivity index (χ4v) is 5.79. The van der Waals surface area contributed by atoms with E-state index in [1.165, 1.54) is 16.7 Å². The van der Waals surface area contributed by atoms with Crippen molar-refractivity contribution in [2.45, 2.75) is 19.3 Å². The fraction of sp³-hybridized carbons (Fsp3) is 0.0698.